The van der Waals surface area contributed by atoms with Crippen molar-refractivity contribution in [3.8, 4) is 11.7 Å². The van der Waals surface area contributed by atoms with Gasteiger partial charge in [-0.15, -0.1) is 16.7 Å². The molecule has 0 aliphatic heterocycles. The van der Waals surface area contributed by atoms with Crippen LogP contribution in [0.2, 0.25) is 0 Å². The maximum Gasteiger partial charge on any atom is 0.336 e. The van der Waals surface area contributed by atoms with Gasteiger partial charge in [0.1, 0.15) is 12.4 Å². The first-order chi connectivity index (χ1) is 9.07. The summed E-state index contributed by atoms with van der Waals surface area (Å²) in [6.07, 6.45) is 2.59. The van der Waals surface area contributed by atoms with E-state index in [0.29, 0.717) is 6.01 Å². The first kappa shape index (κ1) is 12.5. The highest BCUT2D eigenvalue weighted by atomic mass is 35.5. The summed E-state index contributed by atoms with van der Waals surface area (Å²) in [6.45, 7) is 4.21. The molecule has 0 spiro atoms. The molecule has 0 saturated heterocycles. The van der Waals surface area contributed by atoms with Crippen molar-refractivity contribution in [1.29, 1.82) is 0 Å². The predicted molar refractivity (Wildman–Crippen MR) is 73.8 cm³/mol. The quantitative estimate of drug-likeness (QED) is 0.810. The van der Waals surface area contributed by atoms with Gasteiger partial charge in [-0.05, 0) is 12.1 Å². The number of hydrogen-bond donors (Lipinski definition) is 0. The predicted octanol–water partition coefficient (Wildman–Crippen LogP) is 3.05. The first-order valence-electron chi connectivity index (χ1n) is 6.35. The van der Waals surface area contributed by atoms with Gasteiger partial charge in [0.15, 0.2) is 0 Å². The molecule has 1 heterocycles. The summed E-state index contributed by atoms with van der Waals surface area (Å²) in [6, 6.07) is 10.2. The lowest BCUT2D eigenvalue weighted by atomic mass is 9.68. The number of nitrogens with zero attached hydrogens (tertiary/aromatic N) is 3. The van der Waals surface area contributed by atoms with Crippen molar-refractivity contribution >= 4 is 11.6 Å². The maximum atomic E-state index is 6.18. The van der Waals surface area contributed by atoms with Crippen LogP contribution in [-0.2, 0) is 0 Å². The fourth-order valence-electron chi connectivity index (χ4n) is 2.17. The van der Waals surface area contributed by atoms with Crippen molar-refractivity contribution < 1.29 is 4.74 Å². The average molecular weight is 278 g/mol. The van der Waals surface area contributed by atoms with Crippen LogP contribution in [0.1, 0.15) is 20.3 Å². The Morgan fingerprint density at radius 1 is 1.32 bits per heavy atom. The second-order valence-corrected chi connectivity index (χ2v) is 5.97. The lowest BCUT2D eigenvalue weighted by Gasteiger charge is -2.47. The largest absolute Gasteiger partial charge is 0.458 e. The Morgan fingerprint density at radius 2 is 2.05 bits per heavy atom. The zero-order valence-electron chi connectivity index (χ0n) is 11.0. The summed E-state index contributed by atoms with van der Waals surface area (Å²) < 4.78 is 7.52. The lowest BCUT2D eigenvalue weighted by molar-refractivity contribution is -0.0190. The molecular weight excluding hydrogens is 262 g/mol. The van der Waals surface area contributed by atoms with E-state index in [4.69, 9.17) is 16.3 Å². The van der Waals surface area contributed by atoms with E-state index in [-0.39, 0.29) is 16.9 Å². The zero-order chi connectivity index (χ0) is 13.5. The van der Waals surface area contributed by atoms with Gasteiger partial charge in [-0.1, -0.05) is 32.0 Å². The number of rotatable bonds is 3. The maximum absolute atomic E-state index is 6.18. The third-order valence-corrected chi connectivity index (χ3v) is 4.54. The molecule has 1 aliphatic rings. The summed E-state index contributed by atoms with van der Waals surface area (Å²) in [4.78, 5) is 4.19. The molecule has 0 bridgehead atoms. The van der Waals surface area contributed by atoms with Gasteiger partial charge in [0.05, 0.1) is 5.69 Å². The molecule has 0 amide bonds. The molecule has 5 heteroatoms. The van der Waals surface area contributed by atoms with E-state index in [0.717, 1.165) is 12.1 Å². The number of para-hydroxylation sites is 1. The van der Waals surface area contributed by atoms with Crippen LogP contribution in [-0.4, -0.2) is 26.2 Å². The standard InChI is InChI=1S/C14H16ClN3O/c1-14(2)11(15)8-12(14)19-13-16-9-18(17-13)10-6-4-3-5-7-10/h3-7,9,11-12H,8H2,1-2H3. The van der Waals surface area contributed by atoms with Crippen LogP contribution < -0.4 is 4.74 Å². The molecule has 1 aromatic heterocycles. The summed E-state index contributed by atoms with van der Waals surface area (Å²) in [5, 5.41) is 4.49. The third-order valence-electron chi connectivity index (χ3n) is 3.80. The molecule has 2 unspecified atom stereocenters. The van der Waals surface area contributed by atoms with Gasteiger partial charge in [-0.3, -0.25) is 0 Å². The number of benzene rings is 1. The minimum atomic E-state index is -0.0280. The monoisotopic (exact) mass is 277 g/mol. The van der Waals surface area contributed by atoms with E-state index in [1.54, 1.807) is 11.0 Å². The molecule has 3 rings (SSSR count). The Kier molecular flexibility index (Phi) is 2.97. The zero-order valence-corrected chi connectivity index (χ0v) is 11.7. The molecular formula is C14H16ClN3O. The van der Waals surface area contributed by atoms with E-state index >= 15 is 0 Å². The van der Waals surface area contributed by atoms with Gasteiger partial charge in [0.2, 0.25) is 0 Å². The molecule has 100 valence electrons. The number of halogens is 1. The summed E-state index contributed by atoms with van der Waals surface area (Å²) >= 11 is 6.18. The van der Waals surface area contributed by atoms with Crippen molar-refractivity contribution in [2.24, 2.45) is 5.41 Å². The normalized spacial score (nSPS) is 24.8. The number of ether oxygens (including phenoxy) is 1. The second kappa shape index (κ2) is 4.53. The molecule has 4 nitrogen and oxygen atoms in total. The fourth-order valence-corrected chi connectivity index (χ4v) is 2.47. The Morgan fingerprint density at radius 3 is 2.68 bits per heavy atom. The van der Waals surface area contributed by atoms with Gasteiger partial charge in [0, 0.05) is 17.2 Å². The van der Waals surface area contributed by atoms with Crippen LogP contribution in [0.15, 0.2) is 36.7 Å². The van der Waals surface area contributed by atoms with E-state index in [1.165, 1.54) is 0 Å². The molecule has 1 saturated carbocycles. The average Bonchev–Trinajstić information content (AvgIpc) is 2.88. The van der Waals surface area contributed by atoms with E-state index in [9.17, 15) is 0 Å². The summed E-state index contributed by atoms with van der Waals surface area (Å²) in [7, 11) is 0. The summed E-state index contributed by atoms with van der Waals surface area (Å²) in [5.41, 5.74) is 0.938. The van der Waals surface area contributed by atoms with Gasteiger partial charge in [-0.2, -0.15) is 4.98 Å². The van der Waals surface area contributed by atoms with Crippen LogP contribution in [0.25, 0.3) is 5.69 Å². The Balaban J connectivity index is 1.73. The highest BCUT2D eigenvalue weighted by Gasteiger charge is 2.49. The van der Waals surface area contributed by atoms with E-state index in [2.05, 4.69) is 23.9 Å². The molecule has 1 aromatic carbocycles. The van der Waals surface area contributed by atoms with Crippen molar-refractivity contribution in [3.63, 3.8) is 0 Å². The Labute approximate surface area is 117 Å². The molecule has 1 aliphatic carbocycles. The minimum Gasteiger partial charge on any atom is -0.458 e. The third kappa shape index (κ3) is 2.21. The molecule has 0 radical (unpaired) electrons. The van der Waals surface area contributed by atoms with Crippen LogP contribution in [0, 0.1) is 5.41 Å². The van der Waals surface area contributed by atoms with Gasteiger partial charge in [0.25, 0.3) is 0 Å². The van der Waals surface area contributed by atoms with Crippen LogP contribution in [0.4, 0.5) is 0 Å². The summed E-state index contributed by atoms with van der Waals surface area (Å²) in [5.74, 6) is 0. The Bertz CT molecular complexity index is 567. The van der Waals surface area contributed by atoms with Crippen molar-refractivity contribution in [2.75, 3.05) is 0 Å². The smallest absolute Gasteiger partial charge is 0.336 e. The SMILES string of the molecule is CC1(C)C(Cl)CC1Oc1ncn(-c2ccccc2)n1. The van der Waals surface area contributed by atoms with Crippen molar-refractivity contribution in [3.05, 3.63) is 36.7 Å². The topological polar surface area (TPSA) is 39.9 Å². The van der Waals surface area contributed by atoms with Gasteiger partial charge >= 0.3 is 6.01 Å². The van der Waals surface area contributed by atoms with E-state index in [1.807, 2.05) is 30.3 Å². The van der Waals surface area contributed by atoms with Crippen LogP contribution in [0.3, 0.4) is 0 Å². The van der Waals surface area contributed by atoms with Crippen molar-refractivity contribution in [2.45, 2.75) is 31.7 Å². The van der Waals surface area contributed by atoms with E-state index < -0.39 is 0 Å². The van der Waals surface area contributed by atoms with Crippen molar-refractivity contribution in [1.82, 2.24) is 14.8 Å². The van der Waals surface area contributed by atoms with Gasteiger partial charge in [-0.25, -0.2) is 4.68 Å². The highest BCUT2D eigenvalue weighted by molar-refractivity contribution is 6.21. The Hall–Kier alpha value is -1.55. The first-order valence-corrected chi connectivity index (χ1v) is 6.79. The van der Waals surface area contributed by atoms with Crippen LogP contribution >= 0.6 is 11.6 Å². The highest BCUT2D eigenvalue weighted by Crippen LogP contribution is 2.45. The fraction of sp³-hybridized carbons (Fsp3) is 0.429. The molecule has 1 fully saturated rings. The minimum absolute atomic E-state index is 0.0280. The number of alkyl halides is 1. The molecule has 0 N–H and O–H groups in total. The molecule has 2 aromatic rings. The van der Waals surface area contributed by atoms with Crippen LogP contribution in [0.5, 0.6) is 6.01 Å². The second-order valence-electron chi connectivity index (χ2n) is 5.44. The number of aromatic nitrogens is 3. The molecule has 2 atom stereocenters. The lowest BCUT2D eigenvalue weighted by Crippen LogP contribution is -2.53. The number of hydrogen-bond acceptors (Lipinski definition) is 3. The molecule has 19 heavy (non-hydrogen) atoms. The van der Waals surface area contributed by atoms with Gasteiger partial charge < -0.3 is 4.74 Å².